The first-order chi connectivity index (χ1) is 8.79. The largest absolute Gasteiger partial charge is 0.325 e. The van der Waals surface area contributed by atoms with E-state index in [1.54, 1.807) is 0 Å². The van der Waals surface area contributed by atoms with Gasteiger partial charge < -0.3 is 16.0 Å². The number of amides is 2. The Morgan fingerprint density at radius 1 is 1.28 bits per heavy atom. The monoisotopic (exact) mass is 243 g/mol. The van der Waals surface area contributed by atoms with E-state index < -0.39 is 0 Å². The van der Waals surface area contributed by atoms with Gasteiger partial charge in [0.05, 0.1) is 6.54 Å². The molecule has 1 aromatic rings. The Bertz CT molecular complexity index is 464. The highest BCUT2D eigenvalue weighted by molar-refractivity contribution is 5.89. The van der Waals surface area contributed by atoms with Crippen LogP contribution in [-0.2, 0) is 0 Å². The number of nitrogens with two attached hydrogens (primary N) is 1. The van der Waals surface area contributed by atoms with Crippen molar-refractivity contribution in [1.29, 1.82) is 0 Å². The molecule has 1 aliphatic rings. The molecule has 0 bridgehead atoms. The number of carbonyl (C=O) groups is 1. The Labute approximate surface area is 107 Å². The van der Waals surface area contributed by atoms with Gasteiger partial charge in [-0.2, -0.15) is 0 Å². The van der Waals surface area contributed by atoms with Crippen molar-refractivity contribution < 1.29 is 4.79 Å². The third-order valence-corrected chi connectivity index (χ3v) is 2.86. The first kappa shape index (κ1) is 12.5. The zero-order valence-corrected chi connectivity index (χ0v) is 10.3. The summed E-state index contributed by atoms with van der Waals surface area (Å²) in [5.74, 6) is 5.73. The van der Waals surface area contributed by atoms with E-state index in [1.165, 1.54) is 0 Å². The van der Waals surface area contributed by atoms with Gasteiger partial charge in [-0.15, -0.1) is 0 Å². The van der Waals surface area contributed by atoms with Crippen molar-refractivity contribution in [3.63, 3.8) is 0 Å². The van der Waals surface area contributed by atoms with E-state index in [-0.39, 0.29) is 6.03 Å². The van der Waals surface area contributed by atoms with Gasteiger partial charge in [0.1, 0.15) is 0 Å². The Morgan fingerprint density at radius 2 is 1.94 bits per heavy atom. The number of hydrogen-bond donors (Lipinski definition) is 2. The molecule has 4 nitrogen and oxygen atoms in total. The molecule has 18 heavy (non-hydrogen) atoms. The van der Waals surface area contributed by atoms with E-state index >= 15 is 0 Å². The Morgan fingerprint density at radius 3 is 2.56 bits per heavy atom. The fourth-order valence-corrected chi connectivity index (χ4v) is 1.91. The minimum absolute atomic E-state index is 0.0201. The van der Waals surface area contributed by atoms with Crippen LogP contribution in [0.4, 0.5) is 10.5 Å². The molecule has 1 heterocycles. The number of nitrogens with zero attached hydrogens (tertiary/aromatic N) is 1. The molecule has 0 aliphatic carbocycles. The number of rotatable bonds is 1. The topological polar surface area (TPSA) is 58.4 Å². The number of anilines is 1. The van der Waals surface area contributed by atoms with Crippen LogP contribution in [0.5, 0.6) is 0 Å². The number of urea groups is 1. The third-order valence-electron chi connectivity index (χ3n) is 2.86. The average Bonchev–Trinajstić information content (AvgIpc) is 2.92. The number of nitrogens with one attached hydrogen (secondary N) is 1. The summed E-state index contributed by atoms with van der Waals surface area (Å²) < 4.78 is 0. The first-order valence-corrected chi connectivity index (χ1v) is 6.14. The lowest BCUT2D eigenvalue weighted by Gasteiger charge is -2.16. The minimum Gasteiger partial charge on any atom is -0.325 e. The summed E-state index contributed by atoms with van der Waals surface area (Å²) in [6.45, 7) is 2.06. The van der Waals surface area contributed by atoms with Gasteiger partial charge in [-0.05, 0) is 37.1 Å². The summed E-state index contributed by atoms with van der Waals surface area (Å²) in [6, 6.07) is 7.45. The Kier molecular flexibility index (Phi) is 4.21. The van der Waals surface area contributed by atoms with Crippen molar-refractivity contribution >= 4 is 11.7 Å². The van der Waals surface area contributed by atoms with Gasteiger partial charge in [0, 0.05) is 24.3 Å². The maximum absolute atomic E-state index is 11.8. The van der Waals surface area contributed by atoms with E-state index in [4.69, 9.17) is 5.73 Å². The van der Waals surface area contributed by atoms with Crippen LogP contribution in [0.3, 0.4) is 0 Å². The molecule has 0 radical (unpaired) electrons. The van der Waals surface area contributed by atoms with Crippen LogP contribution in [-0.4, -0.2) is 30.6 Å². The van der Waals surface area contributed by atoms with Crippen LogP contribution < -0.4 is 11.1 Å². The minimum atomic E-state index is -0.0201. The highest BCUT2D eigenvalue weighted by atomic mass is 16.2. The van der Waals surface area contributed by atoms with Crippen molar-refractivity contribution in [3.05, 3.63) is 29.8 Å². The molecule has 1 saturated heterocycles. The lowest BCUT2D eigenvalue weighted by atomic mass is 10.2. The molecule has 2 rings (SSSR count). The molecule has 2 amide bonds. The second-order valence-corrected chi connectivity index (χ2v) is 4.21. The maximum atomic E-state index is 11.8. The quantitative estimate of drug-likeness (QED) is 0.736. The van der Waals surface area contributed by atoms with Gasteiger partial charge in [-0.1, -0.05) is 11.8 Å². The second-order valence-electron chi connectivity index (χ2n) is 4.21. The number of hydrogen-bond acceptors (Lipinski definition) is 2. The van der Waals surface area contributed by atoms with Gasteiger partial charge in [0.15, 0.2) is 0 Å². The average molecular weight is 243 g/mol. The van der Waals surface area contributed by atoms with Crippen molar-refractivity contribution in [3.8, 4) is 11.8 Å². The maximum Gasteiger partial charge on any atom is 0.321 e. The molecule has 0 atom stereocenters. The van der Waals surface area contributed by atoms with Crippen LogP contribution in [0.15, 0.2) is 24.3 Å². The zero-order valence-electron chi connectivity index (χ0n) is 10.3. The van der Waals surface area contributed by atoms with Crippen LogP contribution in [0.2, 0.25) is 0 Å². The molecule has 0 aromatic heterocycles. The highest BCUT2D eigenvalue weighted by Gasteiger charge is 2.17. The van der Waals surface area contributed by atoms with Crippen LogP contribution >= 0.6 is 0 Å². The summed E-state index contributed by atoms with van der Waals surface area (Å²) in [4.78, 5) is 13.7. The standard InChI is InChI=1S/C14H17N3O/c15-9-3-4-12-5-7-13(8-6-12)16-14(18)17-10-1-2-11-17/h5-8H,1-2,9-11,15H2,(H,16,18). The smallest absolute Gasteiger partial charge is 0.321 e. The third kappa shape index (κ3) is 3.25. The molecule has 1 fully saturated rings. The van der Waals surface area contributed by atoms with Crippen molar-refractivity contribution in [2.75, 3.05) is 25.0 Å². The van der Waals surface area contributed by atoms with Crippen molar-refractivity contribution in [1.82, 2.24) is 4.90 Å². The molecule has 1 aliphatic heterocycles. The van der Waals surface area contributed by atoms with Gasteiger partial charge in [0.25, 0.3) is 0 Å². The summed E-state index contributed by atoms with van der Waals surface area (Å²) in [5, 5.41) is 2.88. The van der Waals surface area contributed by atoms with Gasteiger partial charge >= 0.3 is 6.03 Å². The van der Waals surface area contributed by atoms with Gasteiger partial charge in [-0.3, -0.25) is 0 Å². The summed E-state index contributed by atoms with van der Waals surface area (Å²) in [6.07, 6.45) is 2.20. The molecule has 0 spiro atoms. The van der Waals surface area contributed by atoms with E-state index in [2.05, 4.69) is 17.2 Å². The molecule has 94 valence electrons. The molecular formula is C14H17N3O. The first-order valence-electron chi connectivity index (χ1n) is 6.14. The SMILES string of the molecule is NCC#Cc1ccc(NC(=O)N2CCCC2)cc1. The Hall–Kier alpha value is -1.99. The molecular weight excluding hydrogens is 226 g/mol. The van der Waals surface area contributed by atoms with Crippen LogP contribution in [0, 0.1) is 11.8 Å². The number of likely N-dealkylation sites (tertiary alicyclic amines) is 1. The lowest BCUT2D eigenvalue weighted by Crippen LogP contribution is -2.32. The zero-order chi connectivity index (χ0) is 12.8. The van der Waals surface area contributed by atoms with Crippen molar-refractivity contribution in [2.24, 2.45) is 5.73 Å². The lowest BCUT2D eigenvalue weighted by molar-refractivity contribution is 0.222. The second kappa shape index (κ2) is 6.08. The molecule has 0 unspecified atom stereocenters. The number of carbonyl (C=O) groups excluding carboxylic acids is 1. The predicted molar refractivity (Wildman–Crippen MR) is 72.2 cm³/mol. The molecule has 0 saturated carbocycles. The van der Waals surface area contributed by atoms with Gasteiger partial charge in [0.2, 0.25) is 0 Å². The molecule has 1 aromatic carbocycles. The summed E-state index contributed by atoms with van der Waals surface area (Å²) >= 11 is 0. The number of benzene rings is 1. The van der Waals surface area contributed by atoms with Crippen molar-refractivity contribution in [2.45, 2.75) is 12.8 Å². The fraction of sp³-hybridized carbons (Fsp3) is 0.357. The molecule has 3 N–H and O–H groups in total. The van der Waals surface area contributed by atoms with E-state index in [0.717, 1.165) is 37.2 Å². The predicted octanol–water partition coefficient (Wildman–Crippen LogP) is 1.62. The molecule has 4 heteroatoms. The fourth-order valence-electron chi connectivity index (χ4n) is 1.91. The highest BCUT2D eigenvalue weighted by Crippen LogP contribution is 2.12. The van der Waals surface area contributed by atoms with Gasteiger partial charge in [-0.25, -0.2) is 4.79 Å². The normalized spacial score (nSPS) is 13.9. The van der Waals surface area contributed by atoms with Crippen LogP contribution in [0.25, 0.3) is 0 Å². The van der Waals surface area contributed by atoms with Crippen LogP contribution in [0.1, 0.15) is 18.4 Å². The van der Waals surface area contributed by atoms with E-state index in [9.17, 15) is 4.79 Å². The summed E-state index contributed by atoms with van der Waals surface area (Å²) in [5.41, 5.74) is 7.00. The van der Waals surface area contributed by atoms with E-state index in [1.807, 2.05) is 29.2 Å². The Balaban J connectivity index is 1.95. The summed E-state index contributed by atoms with van der Waals surface area (Å²) in [7, 11) is 0. The van der Waals surface area contributed by atoms with E-state index in [0.29, 0.717) is 6.54 Å².